The van der Waals surface area contributed by atoms with Crippen molar-refractivity contribution < 1.29 is 19.3 Å². The molecule has 1 saturated heterocycles. The fraction of sp³-hybridized carbons (Fsp3) is 0.600. The minimum atomic E-state index is -2.25. The molecule has 1 aliphatic heterocycles. The Balaban J connectivity index is 2.45. The van der Waals surface area contributed by atoms with Gasteiger partial charge in [-0.25, -0.2) is 9.18 Å². The molecule has 4 atom stereocenters. The lowest BCUT2D eigenvalue weighted by Crippen LogP contribution is -2.43. The van der Waals surface area contributed by atoms with Gasteiger partial charge in [-0.3, -0.25) is 14.3 Å². The van der Waals surface area contributed by atoms with Crippen molar-refractivity contribution >= 4 is 0 Å². The van der Waals surface area contributed by atoms with Crippen LogP contribution in [-0.4, -0.2) is 44.2 Å². The minimum absolute atomic E-state index is 0.574. The van der Waals surface area contributed by atoms with Crippen LogP contribution in [0.5, 0.6) is 0 Å². The second kappa shape index (κ2) is 4.30. The molecule has 7 nitrogen and oxygen atoms in total. The van der Waals surface area contributed by atoms with Crippen molar-refractivity contribution in [3.63, 3.8) is 0 Å². The van der Waals surface area contributed by atoms with E-state index in [4.69, 9.17) is 9.84 Å². The predicted molar refractivity (Wildman–Crippen MR) is 57.8 cm³/mol. The molecular weight excluding hydrogens is 247 g/mol. The maximum absolute atomic E-state index is 14.3. The van der Waals surface area contributed by atoms with E-state index in [0.717, 1.165) is 23.8 Å². The molecule has 1 fully saturated rings. The summed E-state index contributed by atoms with van der Waals surface area (Å²) in [5, 5.41) is 18.6. The van der Waals surface area contributed by atoms with E-state index in [1.807, 2.05) is 4.98 Å². The number of hydrogen-bond acceptors (Lipinski definition) is 5. The summed E-state index contributed by atoms with van der Waals surface area (Å²) < 4.78 is 20.3. The molecule has 3 N–H and O–H groups in total. The largest absolute Gasteiger partial charge is 0.394 e. The first-order valence-corrected chi connectivity index (χ1v) is 5.32. The van der Waals surface area contributed by atoms with Gasteiger partial charge in [0.1, 0.15) is 12.2 Å². The smallest absolute Gasteiger partial charge is 0.330 e. The SMILES string of the molecule is C[C@@]1(F)[C@H](O)[C@@H](CO)O[C@H]1n1ccc(=O)[nH]c1=O. The molecule has 0 unspecified atom stereocenters. The number of hydrogen-bond donors (Lipinski definition) is 3. The van der Waals surface area contributed by atoms with Crippen LogP contribution in [0.1, 0.15) is 13.2 Å². The number of nitrogens with zero attached hydrogens (tertiary/aromatic N) is 1. The lowest BCUT2D eigenvalue weighted by atomic mass is 9.98. The number of aromatic amines is 1. The zero-order chi connectivity index (χ0) is 13.5. The highest BCUT2D eigenvalue weighted by molar-refractivity contribution is 5.01. The summed E-state index contributed by atoms with van der Waals surface area (Å²) in [5.74, 6) is 0. The van der Waals surface area contributed by atoms with Gasteiger partial charge in [-0.1, -0.05) is 0 Å². The van der Waals surface area contributed by atoms with Crippen LogP contribution in [0.25, 0.3) is 0 Å². The van der Waals surface area contributed by atoms with Crippen LogP contribution >= 0.6 is 0 Å². The molecule has 0 spiro atoms. The number of rotatable bonds is 2. The first-order valence-electron chi connectivity index (χ1n) is 5.32. The van der Waals surface area contributed by atoms with Gasteiger partial charge in [0, 0.05) is 12.3 Å². The Kier molecular flexibility index (Phi) is 3.09. The number of alkyl halides is 1. The van der Waals surface area contributed by atoms with E-state index < -0.39 is 42.0 Å². The monoisotopic (exact) mass is 260 g/mol. The van der Waals surface area contributed by atoms with Gasteiger partial charge in [0.15, 0.2) is 11.9 Å². The molecule has 1 aromatic heterocycles. The van der Waals surface area contributed by atoms with E-state index >= 15 is 0 Å². The Morgan fingerprint density at radius 3 is 2.78 bits per heavy atom. The highest BCUT2D eigenvalue weighted by Gasteiger charge is 2.54. The van der Waals surface area contributed by atoms with Crippen molar-refractivity contribution in [1.82, 2.24) is 9.55 Å². The van der Waals surface area contributed by atoms with Gasteiger partial charge in [0.25, 0.3) is 5.56 Å². The number of aromatic nitrogens is 2. The molecule has 0 amide bonds. The maximum Gasteiger partial charge on any atom is 0.330 e. The summed E-state index contributed by atoms with van der Waals surface area (Å²) in [6.07, 6.45) is -3.01. The summed E-state index contributed by atoms with van der Waals surface area (Å²) in [5.41, 5.74) is -3.72. The number of aliphatic hydroxyl groups excluding tert-OH is 2. The van der Waals surface area contributed by atoms with Crippen molar-refractivity contribution in [1.29, 1.82) is 0 Å². The average Bonchev–Trinajstić information content (AvgIpc) is 2.52. The van der Waals surface area contributed by atoms with Gasteiger partial charge in [-0.05, 0) is 6.92 Å². The second-order valence-electron chi connectivity index (χ2n) is 4.32. The maximum atomic E-state index is 14.3. The molecule has 18 heavy (non-hydrogen) atoms. The second-order valence-corrected chi connectivity index (χ2v) is 4.32. The van der Waals surface area contributed by atoms with E-state index in [2.05, 4.69) is 0 Å². The van der Waals surface area contributed by atoms with Gasteiger partial charge >= 0.3 is 5.69 Å². The number of nitrogens with one attached hydrogen (secondary N) is 1. The Morgan fingerprint density at radius 2 is 2.28 bits per heavy atom. The summed E-state index contributed by atoms with van der Waals surface area (Å²) in [6.45, 7) is 0.491. The van der Waals surface area contributed by atoms with Gasteiger partial charge in [0.05, 0.1) is 6.61 Å². The number of halogens is 1. The Morgan fingerprint density at radius 1 is 1.61 bits per heavy atom. The van der Waals surface area contributed by atoms with E-state index in [9.17, 15) is 19.1 Å². The molecule has 2 heterocycles. The number of aliphatic hydroxyl groups is 2. The Bertz CT molecular complexity index is 552. The molecule has 0 radical (unpaired) electrons. The zero-order valence-corrected chi connectivity index (χ0v) is 9.54. The minimum Gasteiger partial charge on any atom is -0.394 e. The molecule has 1 aliphatic rings. The normalized spacial score (nSPS) is 35.9. The van der Waals surface area contributed by atoms with Gasteiger partial charge < -0.3 is 14.9 Å². The summed E-state index contributed by atoms with van der Waals surface area (Å²) in [6, 6.07) is 1.04. The number of ether oxygens (including phenoxy) is 1. The average molecular weight is 260 g/mol. The third-order valence-electron chi connectivity index (χ3n) is 3.00. The molecule has 0 bridgehead atoms. The fourth-order valence-electron chi connectivity index (χ4n) is 1.97. The van der Waals surface area contributed by atoms with Crippen LogP contribution < -0.4 is 11.2 Å². The lowest BCUT2D eigenvalue weighted by molar-refractivity contribution is -0.0611. The summed E-state index contributed by atoms with van der Waals surface area (Å²) in [7, 11) is 0. The third-order valence-corrected chi connectivity index (χ3v) is 3.00. The summed E-state index contributed by atoms with van der Waals surface area (Å²) >= 11 is 0. The van der Waals surface area contributed by atoms with Crippen molar-refractivity contribution in [2.24, 2.45) is 0 Å². The van der Waals surface area contributed by atoms with Gasteiger partial charge in [-0.2, -0.15) is 0 Å². The first-order chi connectivity index (χ1) is 8.37. The molecule has 100 valence electrons. The van der Waals surface area contributed by atoms with E-state index in [1.165, 1.54) is 0 Å². The lowest BCUT2D eigenvalue weighted by Gasteiger charge is -2.24. The predicted octanol–water partition coefficient (Wildman–Crippen LogP) is -1.48. The molecule has 0 saturated carbocycles. The standard InChI is InChI=1S/C10H13FN2O5/c1-10(11)7(16)5(4-14)18-8(10)13-3-2-6(15)12-9(13)17/h2-3,5,7-8,14,16H,4H2,1H3,(H,12,15,17)/t5-,7-,8-,10-/m1/s1. The van der Waals surface area contributed by atoms with Crippen LogP contribution in [0.2, 0.25) is 0 Å². The highest BCUT2D eigenvalue weighted by atomic mass is 19.1. The van der Waals surface area contributed by atoms with Crippen LogP contribution in [0.3, 0.4) is 0 Å². The van der Waals surface area contributed by atoms with Crippen molar-refractivity contribution in [2.45, 2.75) is 31.0 Å². The molecule has 8 heteroatoms. The quantitative estimate of drug-likeness (QED) is 0.601. The Hall–Kier alpha value is -1.51. The van der Waals surface area contributed by atoms with Crippen molar-refractivity contribution in [3.05, 3.63) is 33.1 Å². The van der Waals surface area contributed by atoms with Gasteiger partial charge in [0.2, 0.25) is 0 Å². The fourth-order valence-corrected chi connectivity index (χ4v) is 1.97. The topological polar surface area (TPSA) is 105 Å². The molecule has 2 rings (SSSR count). The molecular formula is C10H13FN2O5. The number of H-pyrrole nitrogens is 1. The van der Waals surface area contributed by atoms with Crippen LogP contribution in [0.15, 0.2) is 21.9 Å². The molecule has 1 aromatic rings. The Labute approximate surface area is 100 Å². The van der Waals surface area contributed by atoms with E-state index in [1.54, 1.807) is 0 Å². The van der Waals surface area contributed by atoms with E-state index in [0.29, 0.717) is 0 Å². The van der Waals surface area contributed by atoms with Crippen LogP contribution in [-0.2, 0) is 4.74 Å². The van der Waals surface area contributed by atoms with Crippen LogP contribution in [0, 0.1) is 0 Å². The summed E-state index contributed by atoms with van der Waals surface area (Å²) in [4.78, 5) is 24.4. The molecule has 0 aliphatic carbocycles. The van der Waals surface area contributed by atoms with Gasteiger partial charge in [-0.15, -0.1) is 0 Å². The third kappa shape index (κ3) is 1.88. The zero-order valence-electron chi connectivity index (χ0n) is 9.54. The van der Waals surface area contributed by atoms with Crippen molar-refractivity contribution in [3.8, 4) is 0 Å². The highest BCUT2D eigenvalue weighted by Crippen LogP contribution is 2.40. The molecule has 0 aromatic carbocycles. The van der Waals surface area contributed by atoms with Crippen LogP contribution in [0.4, 0.5) is 4.39 Å². The first kappa shape index (κ1) is 12.9. The van der Waals surface area contributed by atoms with Crippen molar-refractivity contribution in [2.75, 3.05) is 6.61 Å². The van der Waals surface area contributed by atoms with E-state index in [-0.39, 0.29) is 0 Å².